The minimum absolute atomic E-state index is 0.0133. The van der Waals surface area contributed by atoms with Crippen molar-refractivity contribution in [3.05, 3.63) is 35.1 Å². The van der Waals surface area contributed by atoms with E-state index in [0.29, 0.717) is 16.9 Å². The zero-order valence-electron chi connectivity index (χ0n) is 11.0. The predicted octanol–water partition coefficient (Wildman–Crippen LogP) is 3.62. The largest absolute Gasteiger partial charge is 0.483 e. The molecule has 0 fully saturated rings. The highest BCUT2D eigenvalue weighted by Gasteiger charge is 2.24. The number of ether oxygens (including phenoxy) is 1. The smallest absolute Gasteiger partial charge is 0.372 e. The predicted molar refractivity (Wildman–Crippen MR) is 71.7 cm³/mol. The lowest BCUT2D eigenvalue weighted by Crippen LogP contribution is -2.27. The molecule has 4 nitrogen and oxygen atoms in total. The second-order valence-electron chi connectivity index (χ2n) is 5.29. The number of hydrogen-bond donors (Lipinski definition) is 1. The van der Waals surface area contributed by atoms with Crippen LogP contribution in [0.25, 0.3) is 17.0 Å². The summed E-state index contributed by atoms with van der Waals surface area (Å²) >= 11 is 0. The molecule has 3 rings (SSSR count). The SMILES string of the molecule is Cc1c(C(=O)O)oc2cc3c(cc12)C=CC(C)(C)O3. The van der Waals surface area contributed by atoms with Gasteiger partial charge in [-0.2, -0.15) is 0 Å². The fourth-order valence-corrected chi connectivity index (χ4v) is 2.29. The molecule has 2 aromatic rings. The molecule has 2 heterocycles. The summed E-state index contributed by atoms with van der Waals surface area (Å²) in [5.41, 5.74) is 1.76. The average Bonchev–Trinajstić information content (AvgIpc) is 2.63. The third kappa shape index (κ3) is 1.80. The lowest BCUT2D eigenvalue weighted by molar-refractivity contribution is 0.0663. The third-order valence-corrected chi connectivity index (χ3v) is 3.30. The van der Waals surface area contributed by atoms with Crippen LogP contribution >= 0.6 is 0 Å². The number of aryl methyl sites for hydroxylation is 1. The molecule has 98 valence electrons. The first kappa shape index (κ1) is 11.8. The van der Waals surface area contributed by atoms with Gasteiger partial charge in [0.2, 0.25) is 5.76 Å². The van der Waals surface area contributed by atoms with Gasteiger partial charge in [-0.3, -0.25) is 0 Å². The van der Waals surface area contributed by atoms with E-state index in [1.807, 2.05) is 32.1 Å². The van der Waals surface area contributed by atoms with Crippen LogP contribution in [0.5, 0.6) is 5.75 Å². The molecule has 1 aliphatic heterocycles. The Kier molecular flexibility index (Phi) is 2.26. The fraction of sp³-hybridized carbons (Fsp3) is 0.267. The fourth-order valence-electron chi connectivity index (χ4n) is 2.29. The molecule has 1 N–H and O–H groups in total. The quantitative estimate of drug-likeness (QED) is 0.848. The molecule has 0 aliphatic carbocycles. The molecule has 0 saturated heterocycles. The first-order valence-corrected chi connectivity index (χ1v) is 6.06. The van der Waals surface area contributed by atoms with Crippen molar-refractivity contribution < 1.29 is 19.1 Å². The normalized spacial score (nSPS) is 16.2. The summed E-state index contributed by atoms with van der Waals surface area (Å²) in [6.07, 6.45) is 3.97. The Labute approximate surface area is 110 Å². The number of carbonyl (C=O) groups is 1. The number of furan rings is 1. The second-order valence-corrected chi connectivity index (χ2v) is 5.29. The van der Waals surface area contributed by atoms with Crippen LogP contribution in [0.1, 0.15) is 35.5 Å². The number of fused-ring (bicyclic) bond motifs is 2. The number of carboxylic acids is 1. The van der Waals surface area contributed by atoms with E-state index >= 15 is 0 Å². The first-order chi connectivity index (χ1) is 8.87. The van der Waals surface area contributed by atoms with Gasteiger partial charge in [0, 0.05) is 22.6 Å². The number of rotatable bonds is 1. The summed E-state index contributed by atoms with van der Waals surface area (Å²) < 4.78 is 11.2. The molecule has 19 heavy (non-hydrogen) atoms. The van der Waals surface area contributed by atoms with Crippen molar-refractivity contribution in [2.24, 2.45) is 0 Å². The third-order valence-electron chi connectivity index (χ3n) is 3.30. The highest BCUT2D eigenvalue weighted by atomic mass is 16.5. The van der Waals surface area contributed by atoms with Crippen LogP contribution in [-0.4, -0.2) is 16.7 Å². The van der Waals surface area contributed by atoms with Crippen molar-refractivity contribution >= 4 is 23.0 Å². The van der Waals surface area contributed by atoms with Crippen LogP contribution in [0.15, 0.2) is 22.6 Å². The van der Waals surface area contributed by atoms with Crippen molar-refractivity contribution in [1.82, 2.24) is 0 Å². The van der Waals surface area contributed by atoms with E-state index in [2.05, 4.69) is 0 Å². The van der Waals surface area contributed by atoms with Crippen LogP contribution in [0.4, 0.5) is 0 Å². The zero-order chi connectivity index (χ0) is 13.8. The standard InChI is InChI=1S/C15H14O4/c1-8-10-6-9-4-5-15(2,3)19-11(9)7-12(10)18-13(8)14(16)17/h4-7H,1-3H3,(H,16,17). The highest BCUT2D eigenvalue weighted by Crippen LogP contribution is 2.36. The Morgan fingerprint density at radius 1 is 1.32 bits per heavy atom. The molecule has 4 heteroatoms. The Hall–Kier alpha value is -2.23. The monoisotopic (exact) mass is 258 g/mol. The minimum atomic E-state index is -1.05. The summed E-state index contributed by atoms with van der Waals surface area (Å²) in [6.45, 7) is 5.68. The lowest BCUT2D eigenvalue weighted by Gasteiger charge is -2.27. The molecule has 1 aromatic carbocycles. The van der Waals surface area contributed by atoms with Gasteiger partial charge in [0.1, 0.15) is 16.9 Å². The summed E-state index contributed by atoms with van der Waals surface area (Å²) in [5, 5.41) is 9.89. The number of carboxylic acid groups (broad SMARTS) is 1. The van der Waals surface area contributed by atoms with Crippen molar-refractivity contribution in [2.45, 2.75) is 26.4 Å². The second kappa shape index (κ2) is 3.63. The van der Waals surface area contributed by atoms with E-state index < -0.39 is 5.97 Å². The summed E-state index contributed by atoms with van der Waals surface area (Å²) in [7, 11) is 0. The maximum atomic E-state index is 11.1. The van der Waals surface area contributed by atoms with Crippen molar-refractivity contribution in [3.63, 3.8) is 0 Å². The number of hydrogen-bond acceptors (Lipinski definition) is 3. The Morgan fingerprint density at radius 2 is 2.05 bits per heavy atom. The van der Waals surface area contributed by atoms with Gasteiger partial charge in [-0.1, -0.05) is 6.08 Å². The van der Waals surface area contributed by atoms with E-state index in [-0.39, 0.29) is 11.4 Å². The highest BCUT2D eigenvalue weighted by molar-refractivity contribution is 5.96. The van der Waals surface area contributed by atoms with Gasteiger partial charge >= 0.3 is 5.97 Å². The van der Waals surface area contributed by atoms with Crippen LogP contribution in [0.2, 0.25) is 0 Å². The molecule has 1 aliphatic rings. The van der Waals surface area contributed by atoms with Gasteiger partial charge < -0.3 is 14.3 Å². The van der Waals surface area contributed by atoms with E-state index in [1.165, 1.54) is 0 Å². The van der Waals surface area contributed by atoms with Crippen molar-refractivity contribution in [1.29, 1.82) is 0 Å². The zero-order valence-corrected chi connectivity index (χ0v) is 11.0. The van der Waals surface area contributed by atoms with E-state index in [1.54, 1.807) is 13.0 Å². The van der Waals surface area contributed by atoms with Gasteiger partial charge in [-0.15, -0.1) is 0 Å². The molecule has 0 saturated carbocycles. The van der Waals surface area contributed by atoms with Crippen LogP contribution in [-0.2, 0) is 0 Å². The molecule has 0 radical (unpaired) electrons. The molecule has 1 aromatic heterocycles. The van der Waals surface area contributed by atoms with E-state index in [4.69, 9.17) is 14.3 Å². The maximum Gasteiger partial charge on any atom is 0.372 e. The summed E-state index contributed by atoms with van der Waals surface area (Å²) in [4.78, 5) is 11.1. The maximum absolute atomic E-state index is 11.1. The minimum Gasteiger partial charge on any atom is -0.483 e. The van der Waals surface area contributed by atoms with Gasteiger partial charge in [0.25, 0.3) is 0 Å². The molecule has 0 atom stereocenters. The van der Waals surface area contributed by atoms with Crippen LogP contribution in [0, 0.1) is 6.92 Å². The number of aromatic carboxylic acids is 1. The average molecular weight is 258 g/mol. The molecule has 0 amide bonds. The van der Waals surface area contributed by atoms with Crippen molar-refractivity contribution in [2.75, 3.05) is 0 Å². The topological polar surface area (TPSA) is 59.7 Å². The lowest BCUT2D eigenvalue weighted by atomic mass is 10.0. The molecule has 0 spiro atoms. The summed E-state index contributed by atoms with van der Waals surface area (Å²) in [5.74, 6) is -0.352. The van der Waals surface area contributed by atoms with Gasteiger partial charge in [0.15, 0.2) is 0 Å². The van der Waals surface area contributed by atoms with E-state index in [9.17, 15) is 4.79 Å². The molecular weight excluding hydrogens is 244 g/mol. The number of benzene rings is 1. The Balaban J connectivity index is 2.24. The first-order valence-electron chi connectivity index (χ1n) is 6.06. The Morgan fingerprint density at radius 3 is 2.74 bits per heavy atom. The van der Waals surface area contributed by atoms with E-state index in [0.717, 1.165) is 10.9 Å². The Bertz CT molecular complexity index is 719. The molecule has 0 bridgehead atoms. The van der Waals surface area contributed by atoms with Gasteiger partial charge in [0.05, 0.1) is 0 Å². The molecular formula is C15H14O4. The van der Waals surface area contributed by atoms with Gasteiger partial charge in [-0.05, 0) is 32.9 Å². The van der Waals surface area contributed by atoms with Crippen LogP contribution < -0.4 is 4.74 Å². The summed E-state index contributed by atoms with van der Waals surface area (Å²) in [6, 6.07) is 3.66. The van der Waals surface area contributed by atoms with Gasteiger partial charge in [-0.25, -0.2) is 4.79 Å². The molecule has 0 unspecified atom stereocenters. The van der Waals surface area contributed by atoms with Crippen molar-refractivity contribution in [3.8, 4) is 5.75 Å². The van der Waals surface area contributed by atoms with Crippen LogP contribution in [0.3, 0.4) is 0 Å².